The van der Waals surface area contributed by atoms with E-state index < -0.39 is 6.10 Å². The molecule has 0 aromatic carbocycles. The second kappa shape index (κ2) is 38.1. The zero-order valence-corrected chi connectivity index (χ0v) is 30.5. The molecule has 5 heteroatoms. The maximum atomic E-state index is 12.2. The van der Waals surface area contributed by atoms with Gasteiger partial charge in [-0.1, -0.05) is 145 Å². The van der Waals surface area contributed by atoms with Gasteiger partial charge in [0.25, 0.3) is 0 Å². The molecular formula is C42H72O5. The molecule has 270 valence electrons. The van der Waals surface area contributed by atoms with Gasteiger partial charge in [-0.05, 0) is 77.0 Å². The number of ether oxygens (including phenoxy) is 2. The van der Waals surface area contributed by atoms with E-state index >= 15 is 0 Å². The Kier molecular flexibility index (Phi) is 36.1. The van der Waals surface area contributed by atoms with Crippen LogP contribution in [-0.4, -0.2) is 36.4 Å². The molecule has 47 heavy (non-hydrogen) atoms. The minimum atomic E-state index is -0.784. The molecule has 0 fully saturated rings. The summed E-state index contributed by atoms with van der Waals surface area (Å²) in [6, 6.07) is 0. The molecule has 0 aromatic heterocycles. The molecule has 0 heterocycles. The first kappa shape index (κ1) is 44.6. The van der Waals surface area contributed by atoms with Gasteiger partial charge in [0.05, 0.1) is 6.61 Å². The monoisotopic (exact) mass is 657 g/mol. The summed E-state index contributed by atoms with van der Waals surface area (Å²) in [5, 5.41) is 9.55. The van der Waals surface area contributed by atoms with Crippen molar-refractivity contribution in [3.8, 4) is 0 Å². The average Bonchev–Trinajstić information content (AvgIpc) is 3.07. The lowest BCUT2D eigenvalue weighted by atomic mass is 10.1. The van der Waals surface area contributed by atoms with Crippen molar-refractivity contribution in [1.82, 2.24) is 0 Å². The highest BCUT2D eigenvalue weighted by Gasteiger charge is 2.16. The number of allylic oxidation sites excluding steroid dienone is 10. The SMILES string of the molecule is CC/C=C\C/C=C\C/C=C\CCCCCCCCCC(=O)OC(CO)COC(=O)CCCCCCC/C=C\C/C=C\CCCCCC. The molecule has 0 spiro atoms. The molecular weight excluding hydrogens is 584 g/mol. The van der Waals surface area contributed by atoms with Gasteiger partial charge in [-0.2, -0.15) is 0 Å². The van der Waals surface area contributed by atoms with E-state index in [1.807, 2.05) is 0 Å². The smallest absolute Gasteiger partial charge is 0.306 e. The van der Waals surface area contributed by atoms with Crippen molar-refractivity contribution < 1.29 is 24.2 Å². The number of aliphatic hydroxyl groups is 1. The highest BCUT2D eigenvalue weighted by molar-refractivity contribution is 5.70. The second-order valence-electron chi connectivity index (χ2n) is 12.6. The quantitative estimate of drug-likeness (QED) is 0.0424. The molecule has 0 rings (SSSR count). The lowest BCUT2D eigenvalue weighted by Crippen LogP contribution is -2.28. The van der Waals surface area contributed by atoms with E-state index in [-0.39, 0.29) is 25.2 Å². The second-order valence-corrected chi connectivity index (χ2v) is 12.6. The predicted octanol–water partition coefficient (Wildman–Crippen LogP) is 12.0. The number of unbranched alkanes of at least 4 members (excludes halogenated alkanes) is 16. The van der Waals surface area contributed by atoms with Gasteiger partial charge in [0, 0.05) is 12.8 Å². The van der Waals surface area contributed by atoms with Crippen LogP contribution in [0.25, 0.3) is 0 Å². The number of aliphatic hydroxyl groups excluding tert-OH is 1. The largest absolute Gasteiger partial charge is 0.462 e. The van der Waals surface area contributed by atoms with Crippen LogP contribution in [0, 0.1) is 0 Å². The van der Waals surface area contributed by atoms with Crippen molar-refractivity contribution in [3.05, 3.63) is 60.8 Å². The molecule has 1 N–H and O–H groups in total. The highest BCUT2D eigenvalue weighted by Crippen LogP contribution is 2.12. The van der Waals surface area contributed by atoms with E-state index in [0.717, 1.165) is 77.0 Å². The summed E-state index contributed by atoms with van der Waals surface area (Å²) in [7, 11) is 0. The highest BCUT2D eigenvalue weighted by atomic mass is 16.6. The van der Waals surface area contributed by atoms with Gasteiger partial charge in [-0.3, -0.25) is 9.59 Å². The molecule has 0 saturated carbocycles. The Bertz CT molecular complexity index is 838. The summed E-state index contributed by atoms with van der Waals surface area (Å²) in [6.07, 6.45) is 48.4. The summed E-state index contributed by atoms with van der Waals surface area (Å²) in [6.45, 7) is 3.98. The lowest BCUT2D eigenvalue weighted by molar-refractivity contribution is -0.161. The fourth-order valence-corrected chi connectivity index (χ4v) is 5.13. The topological polar surface area (TPSA) is 72.8 Å². The van der Waals surface area contributed by atoms with Gasteiger partial charge in [-0.15, -0.1) is 0 Å². The standard InChI is InChI=1S/C42H72O5/c1-3-5-7-9-11-13-15-17-19-21-23-25-27-29-31-33-35-37-42(45)47-40(38-43)39-46-41(44)36-34-32-30-28-26-24-22-20-18-16-14-12-10-8-6-4-2/h5,7,11,13-14,16-17,19-20,22,40,43H,3-4,6,8-10,12,15,18,21,23-39H2,1-2H3/b7-5-,13-11-,16-14-,19-17-,22-20-. The van der Waals surface area contributed by atoms with Gasteiger partial charge < -0.3 is 14.6 Å². The van der Waals surface area contributed by atoms with E-state index in [4.69, 9.17) is 9.47 Å². The van der Waals surface area contributed by atoms with Crippen molar-refractivity contribution in [3.63, 3.8) is 0 Å². The third-order valence-corrected chi connectivity index (χ3v) is 8.05. The number of hydrogen-bond acceptors (Lipinski definition) is 5. The van der Waals surface area contributed by atoms with Crippen molar-refractivity contribution >= 4 is 11.9 Å². The van der Waals surface area contributed by atoms with Gasteiger partial charge in [-0.25, -0.2) is 0 Å². The van der Waals surface area contributed by atoms with E-state index in [2.05, 4.69) is 74.6 Å². The Morgan fingerprint density at radius 2 is 0.915 bits per heavy atom. The molecule has 1 atom stereocenters. The van der Waals surface area contributed by atoms with Crippen LogP contribution in [0.15, 0.2) is 60.8 Å². The molecule has 0 bridgehead atoms. The first-order valence-electron chi connectivity index (χ1n) is 19.3. The molecule has 1 unspecified atom stereocenters. The Labute approximate surface area is 290 Å². The summed E-state index contributed by atoms with van der Waals surface area (Å²) in [5.74, 6) is -0.622. The first-order chi connectivity index (χ1) is 23.1. The van der Waals surface area contributed by atoms with Crippen LogP contribution in [0.4, 0.5) is 0 Å². The van der Waals surface area contributed by atoms with Crippen LogP contribution >= 0.6 is 0 Å². The van der Waals surface area contributed by atoms with Crippen molar-refractivity contribution in [1.29, 1.82) is 0 Å². The van der Waals surface area contributed by atoms with E-state index in [1.165, 1.54) is 70.6 Å². The van der Waals surface area contributed by atoms with Crippen molar-refractivity contribution in [2.24, 2.45) is 0 Å². The zero-order chi connectivity index (χ0) is 34.3. The normalized spacial score (nSPS) is 12.8. The minimum Gasteiger partial charge on any atom is -0.462 e. The van der Waals surface area contributed by atoms with Crippen LogP contribution in [0.1, 0.15) is 174 Å². The molecule has 0 aliphatic heterocycles. The molecule has 0 aromatic rings. The summed E-state index contributed by atoms with van der Waals surface area (Å²) >= 11 is 0. The van der Waals surface area contributed by atoms with Crippen molar-refractivity contribution in [2.45, 2.75) is 180 Å². The van der Waals surface area contributed by atoms with Crippen LogP contribution in [0.5, 0.6) is 0 Å². The fraction of sp³-hybridized carbons (Fsp3) is 0.714. The predicted molar refractivity (Wildman–Crippen MR) is 200 cm³/mol. The number of carbonyl (C=O) groups is 2. The summed E-state index contributed by atoms with van der Waals surface area (Å²) in [5.41, 5.74) is 0. The Morgan fingerprint density at radius 1 is 0.511 bits per heavy atom. The molecule has 5 nitrogen and oxygen atoms in total. The third-order valence-electron chi connectivity index (χ3n) is 8.05. The number of hydrogen-bond donors (Lipinski definition) is 1. The van der Waals surface area contributed by atoms with Crippen LogP contribution in [0.3, 0.4) is 0 Å². The van der Waals surface area contributed by atoms with E-state index in [9.17, 15) is 14.7 Å². The average molecular weight is 657 g/mol. The Balaban J connectivity index is 3.62. The van der Waals surface area contributed by atoms with Crippen molar-refractivity contribution in [2.75, 3.05) is 13.2 Å². The summed E-state index contributed by atoms with van der Waals surface area (Å²) < 4.78 is 10.6. The molecule has 0 radical (unpaired) electrons. The lowest BCUT2D eigenvalue weighted by Gasteiger charge is -2.15. The molecule has 0 amide bonds. The first-order valence-corrected chi connectivity index (χ1v) is 19.3. The maximum absolute atomic E-state index is 12.2. The summed E-state index contributed by atoms with van der Waals surface area (Å²) in [4.78, 5) is 24.2. The Morgan fingerprint density at radius 3 is 1.38 bits per heavy atom. The van der Waals surface area contributed by atoms with Gasteiger partial charge >= 0.3 is 11.9 Å². The van der Waals surface area contributed by atoms with Gasteiger partial charge in [0.2, 0.25) is 0 Å². The van der Waals surface area contributed by atoms with Crippen LogP contribution < -0.4 is 0 Å². The Hall–Kier alpha value is -2.40. The molecule has 0 aliphatic carbocycles. The molecule has 0 saturated heterocycles. The van der Waals surface area contributed by atoms with E-state index in [1.54, 1.807) is 0 Å². The van der Waals surface area contributed by atoms with Crippen LogP contribution in [-0.2, 0) is 19.1 Å². The van der Waals surface area contributed by atoms with Gasteiger partial charge in [0.15, 0.2) is 6.10 Å². The molecule has 0 aliphatic rings. The maximum Gasteiger partial charge on any atom is 0.306 e. The van der Waals surface area contributed by atoms with E-state index in [0.29, 0.717) is 12.8 Å². The fourth-order valence-electron chi connectivity index (χ4n) is 5.13. The van der Waals surface area contributed by atoms with Crippen LogP contribution in [0.2, 0.25) is 0 Å². The minimum absolute atomic E-state index is 0.0794. The van der Waals surface area contributed by atoms with Gasteiger partial charge in [0.1, 0.15) is 6.61 Å². The third kappa shape index (κ3) is 36.3. The zero-order valence-electron chi connectivity index (χ0n) is 30.5. The number of rotatable bonds is 34. The number of carbonyl (C=O) groups excluding carboxylic acids is 2. The number of esters is 2.